The van der Waals surface area contributed by atoms with Gasteiger partial charge in [-0.15, -0.1) is 11.3 Å². The van der Waals surface area contributed by atoms with Gasteiger partial charge in [-0.1, -0.05) is 12.1 Å². The molecule has 1 unspecified atom stereocenters. The van der Waals surface area contributed by atoms with Crippen molar-refractivity contribution in [3.63, 3.8) is 0 Å². The molecule has 3 rings (SSSR count). The van der Waals surface area contributed by atoms with E-state index in [-0.39, 0.29) is 6.04 Å². The molecule has 0 saturated heterocycles. The maximum absolute atomic E-state index is 8.82. The highest BCUT2D eigenvalue weighted by atomic mass is 32.1. The first-order valence-electron chi connectivity index (χ1n) is 6.37. The predicted molar refractivity (Wildman–Crippen MR) is 82.8 cm³/mol. The van der Waals surface area contributed by atoms with E-state index < -0.39 is 0 Å². The van der Waals surface area contributed by atoms with Crippen LogP contribution in [0.1, 0.15) is 24.1 Å². The van der Waals surface area contributed by atoms with Gasteiger partial charge >= 0.3 is 0 Å². The number of nitriles is 1. The first kappa shape index (κ1) is 12.6. The topological polar surface area (TPSA) is 48.7 Å². The Morgan fingerprint density at radius 2 is 2.00 bits per heavy atom. The zero-order valence-corrected chi connectivity index (χ0v) is 11.8. The maximum atomic E-state index is 8.82. The third-order valence-electron chi connectivity index (χ3n) is 3.27. The van der Waals surface area contributed by atoms with Crippen molar-refractivity contribution in [2.45, 2.75) is 13.0 Å². The summed E-state index contributed by atoms with van der Waals surface area (Å²) in [5.74, 6) is 0.903. The molecule has 0 spiro atoms. The number of hydrogen-bond acceptors (Lipinski definition) is 4. The van der Waals surface area contributed by atoms with Crippen molar-refractivity contribution in [2.75, 3.05) is 5.32 Å². The van der Waals surface area contributed by atoms with Crippen LogP contribution in [0.3, 0.4) is 0 Å². The molecular formula is C16H13N3S. The van der Waals surface area contributed by atoms with E-state index in [1.54, 1.807) is 11.3 Å². The van der Waals surface area contributed by atoms with Crippen molar-refractivity contribution in [1.29, 1.82) is 5.26 Å². The number of benzene rings is 1. The van der Waals surface area contributed by atoms with Crippen LogP contribution in [-0.4, -0.2) is 4.98 Å². The van der Waals surface area contributed by atoms with Crippen LogP contribution in [0, 0.1) is 11.3 Å². The monoisotopic (exact) mass is 279 g/mol. The zero-order valence-electron chi connectivity index (χ0n) is 11.0. The van der Waals surface area contributed by atoms with Crippen LogP contribution in [0.2, 0.25) is 0 Å². The van der Waals surface area contributed by atoms with Crippen molar-refractivity contribution < 1.29 is 0 Å². The molecule has 98 valence electrons. The van der Waals surface area contributed by atoms with Crippen molar-refractivity contribution >= 4 is 27.2 Å². The fraction of sp³-hybridized carbons (Fsp3) is 0.125. The molecule has 1 aromatic carbocycles. The molecule has 0 radical (unpaired) electrons. The normalized spacial score (nSPS) is 12.0. The Labute approximate surface area is 121 Å². The van der Waals surface area contributed by atoms with E-state index in [0.717, 1.165) is 16.8 Å². The van der Waals surface area contributed by atoms with Crippen LogP contribution >= 0.6 is 11.3 Å². The second-order valence-electron chi connectivity index (χ2n) is 4.59. The van der Waals surface area contributed by atoms with Gasteiger partial charge in [-0.2, -0.15) is 5.26 Å². The smallest absolute Gasteiger partial charge is 0.135 e. The molecule has 0 saturated carbocycles. The van der Waals surface area contributed by atoms with Gasteiger partial charge in [0.2, 0.25) is 0 Å². The van der Waals surface area contributed by atoms with Crippen LogP contribution < -0.4 is 5.32 Å². The van der Waals surface area contributed by atoms with Crippen molar-refractivity contribution in [1.82, 2.24) is 4.98 Å². The zero-order chi connectivity index (χ0) is 13.9. The van der Waals surface area contributed by atoms with Gasteiger partial charge < -0.3 is 5.32 Å². The average molecular weight is 279 g/mol. The van der Waals surface area contributed by atoms with E-state index in [1.807, 2.05) is 36.5 Å². The second-order valence-corrected chi connectivity index (χ2v) is 5.54. The van der Waals surface area contributed by atoms with Gasteiger partial charge in [0.15, 0.2) is 0 Å². The third kappa shape index (κ3) is 2.36. The van der Waals surface area contributed by atoms with Crippen LogP contribution in [-0.2, 0) is 0 Å². The van der Waals surface area contributed by atoms with Crippen molar-refractivity contribution in [2.24, 2.45) is 0 Å². The van der Waals surface area contributed by atoms with E-state index in [0.29, 0.717) is 5.56 Å². The number of anilines is 1. The summed E-state index contributed by atoms with van der Waals surface area (Å²) in [5, 5.41) is 15.5. The Hall–Kier alpha value is -2.38. The number of thiophene rings is 1. The molecule has 0 bridgehead atoms. The van der Waals surface area contributed by atoms with Gasteiger partial charge in [-0.05, 0) is 42.1 Å². The number of nitrogens with zero attached hydrogens (tertiary/aromatic N) is 2. The van der Waals surface area contributed by atoms with E-state index >= 15 is 0 Å². The average Bonchev–Trinajstić information content (AvgIpc) is 2.97. The number of fused-ring (bicyclic) bond motifs is 1. The third-order valence-corrected chi connectivity index (χ3v) is 4.15. The lowest BCUT2D eigenvalue weighted by molar-refractivity contribution is 0.877. The van der Waals surface area contributed by atoms with Gasteiger partial charge in [-0.3, -0.25) is 0 Å². The lowest BCUT2D eigenvalue weighted by atomic mass is 10.1. The molecule has 0 amide bonds. The van der Waals surface area contributed by atoms with Gasteiger partial charge in [0.05, 0.1) is 11.6 Å². The van der Waals surface area contributed by atoms with E-state index in [1.165, 1.54) is 4.70 Å². The highest BCUT2D eigenvalue weighted by molar-refractivity contribution is 7.17. The fourth-order valence-electron chi connectivity index (χ4n) is 2.14. The molecule has 1 atom stereocenters. The molecular weight excluding hydrogens is 266 g/mol. The number of pyridine rings is 1. The molecule has 1 N–H and O–H groups in total. The Morgan fingerprint density at radius 3 is 2.75 bits per heavy atom. The SMILES string of the molecule is CC(Nc1nccc2sccc12)c1ccc(C#N)cc1. The standard InChI is InChI=1S/C16H13N3S/c1-11(13-4-2-12(10-17)3-5-13)19-16-14-7-9-20-15(14)6-8-18-16/h2-9,11H,1H3,(H,18,19). The van der Waals surface area contributed by atoms with Crippen LogP contribution in [0.25, 0.3) is 10.1 Å². The highest BCUT2D eigenvalue weighted by Crippen LogP contribution is 2.28. The Balaban J connectivity index is 1.86. The molecule has 3 nitrogen and oxygen atoms in total. The summed E-state index contributed by atoms with van der Waals surface area (Å²) in [5.41, 5.74) is 1.82. The number of hydrogen-bond donors (Lipinski definition) is 1. The minimum absolute atomic E-state index is 0.140. The maximum Gasteiger partial charge on any atom is 0.135 e. The largest absolute Gasteiger partial charge is 0.363 e. The van der Waals surface area contributed by atoms with Gasteiger partial charge in [0, 0.05) is 22.3 Å². The van der Waals surface area contributed by atoms with Crippen molar-refractivity contribution in [3.8, 4) is 6.07 Å². The second kappa shape index (κ2) is 5.32. The summed E-state index contributed by atoms with van der Waals surface area (Å²) in [6.45, 7) is 2.09. The first-order chi connectivity index (χ1) is 9.78. The van der Waals surface area contributed by atoms with Gasteiger partial charge in [-0.25, -0.2) is 4.98 Å². The molecule has 0 aliphatic carbocycles. The number of rotatable bonds is 3. The number of nitrogens with one attached hydrogen (secondary N) is 1. The quantitative estimate of drug-likeness (QED) is 0.775. The molecule has 0 aliphatic heterocycles. The Kier molecular flexibility index (Phi) is 3.36. The lowest BCUT2D eigenvalue weighted by Gasteiger charge is -2.15. The summed E-state index contributed by atoms with van der Waals surface area (Å²) in [6, 6.07) is 14.0. The van der Waals surface area contributed by atoms with E-state index in [4.69, 9.17) is 5.26 Å². The Morgan fingerprint density at radius 1 is 1.20 bits per heavy atom. The van der Waals surface area contributed by atoms with Gasteiger partial charge in [0.25, 0.3) is 0 Å². The van der Waals surface area contributed by atoms with Crippen LogP contribution in [0.4, 0.5) is 5.82 Å². The molecule has 2 heterocycles. The molecule has 0 aliphatic rings. The summed E-state index contributed by atoms with van der Waals surface area (Å²) in [7, 11) is 0. The summed E-state index contributed by atoms with van der Waals surface area (Å²) < 4.78 is 1.23. The van der Waals surface area contributed by atoms with E-state index in [2.05, 4.69) is 34.7 Å². The van der Waals surface area contributed by atoms with Crippen molar-refractivity contribution in [3.05, 3.63) is 59.1 Å². The minimum atomic E-state index is 0.140. The minimum Gasteiger partial charge on any atom is -0.363 e. The molecule has 20 heavy (non-hydrogen) atoms. The first-order valence-corrected chi connectivity index (χ1v) is 7.24. The summed E-state index contributed by atoms with van der Waals surface area (Å²) in [6.07, 6.45) is 1.83. The van der Waals surface area contributed by atoms with Gasteiger partial charge in [0.1, 0.15) is 5.82 Å². The molecule has 0 fully saturated rings. The highest BCUT2D eigenvalue weighted by Gasteiger charge is 2.09. The van der Waals surface area contributed by atoms with Crippen LogP contribution in [0.15, 0.2) is 48.0 Å². The Bertz CT molecular complexity index is 768. The summed E-state index contributed by atoms with van der Waals surface area (Å²) >= 11 is 1.71. The molecule has 4 heteroatoms. The summed E-state index contributed by atoms with van der Waals surface area (Å²) in [4.78, 5) is 4.42. The van der Waals surface area contributed by atoms with Crippen LogP contribution in [0.5, 0.6) is 0 Å². The molecule has 2 aromatic heterocycles. The predicted octanol–water partition coefficient (Wildman–Crippen LogP) is 4.34. The molecule has 3 aromatic rings. The number of aromatic nitrogens is 1. The fourth-order valence-corrected chi connectivity index (χ4v) is 2.93. The lowest BCUT2D eigenvalue weighted by Crippen LogP contribution is -2.07. The van der Waals surface area contributed by atoms with E-state index in [9.17, 15) is 0 Å².